The van der Waals surface area contributed by atoms with Gasteiger partial charge in [-0.15, -0.1) is 0 Å². The van der Waals surface area contributed by atoms with Gasteiger partial charge >= 0.3 is 6.09 Å². The number of unbranched alkanes of at least 4 members (excludes halogenated alkanes) is 5. The highest BCUT2D eigenvalue weighted by Gasteiger charge is 2.23. The largest absolute Gasteiger partial charge is 0.450 e. The number of hydrogen-bond acceptors (Lipinski definition) is 5. The highest BCUT2D eigenvalue weighted by molar-refractivity contribution is 5.93. The second-order valence-electron chi connectivity index (χ2n) is 9.18. The van der Waals surface area contributed by atoms with E-state index in [-0.39, 0.29) is 12.1 Å². The molecule has 0 spiro atoms. The fraction of sp³-hybridized carbons (Fsp3) is 0.615. The van der Waals surface area contributed by atoms with Crippen LogP contribution in [0, 0.1) is 0 Å². The Hall–Kier alpha value is -2.50. The van der Waals surface area contributed by atoms with E-state index >= 15 is 0 Å². The lowest BCUT2D eigenvalue weighted by atomic mass is 9.91. The van der Waals surface area contributed by atoms with Gasteiger partial charge in [-0.2, -0.15) is 0 Å². The number of ether oxygens (including phenoxy) is 1. The minimum atomic E-state index is -0.262. The summed E-state index contributed by atoms with van der Waals surface area (Å²) in [6, 6.07) is 11.0. The van der Waals surface area contributed by atoms with Crippen LogP contribution in [0.3, 0.4) is 0 Å². The normalized spacial score (nSPS) is 18.3. The van der Waals surface area contributed by atoms with E-state index in [0.29, 0.717) is 12.6 Å². The van der Waals surface area contributed by atoms with Crippen LogP contribution < -0.4 is 15.5 Å². The standard InChI is InChI=1S/C26H40N4O2/c1-4-5-6-7-8-11-18-32-26(31)28-21-16-14-20(15-17-21)27-25-19-24(30(2)3)22-12-9-10-13-23(22)29-25/h9-10,12-13,19-21H,4-8,11,14-18H2,1-3H3,(H,27,29)(H,28,31). The van der Waals surface area contributed by atoms with Crippen LogP contribution >= 0.6 is 0 Å². The third kappa shape index (κ3) is 7.28. The lowest BCUT2D eigenvalue weighted by Gasteiger charge is -2.30. The Kier molecular flexibility index (Phi) is 9.44. The smallest absolute Gasteiger partial charge is 0.407 e. The van der Waals surface area contributed by atoms with E-state index in [9.17, 15) is 4.79 Å². The summed E-state index contributed by atoms with van der Waals surface area (Å²) in [4.78, 5) is 19.0. The maximum Gasteiger partial charge on any atom is 0.407 e. The van der Waals surface area contributed by atoms with Crippen LogP contribution in [0.4, 0.5) is 16.3 Å². The Morgan fingerprint density at radius 1 is 1.03 bits per heavy atom. The van der Waals surface area contributed by atoms with Gasteiger partial charge in [0.2, 0.25) is 0 Å². The van der Waals surface area contributed by atoms with E-state index < -0.39 is 0 Å². The maximum atomic E-state index is 12.1. The second kappa shape index (κ2) is 12.5. The predicted molar refractivity (Wildman–Crippen MR) is 134 cm³/mol. The molecule has 1 aromatic carbocycles. The van der Waals surface area contributed by atoms with Crippen LogP contribution in [-0.2, 0) is 4.74 Å². The lowest BCUT2D eigenvalue weighted by Crippen LogP contribution is -2.40. The molecule has 1 saturated carbocycles. The van der Waals surface area contributed by atoms with Gasteiger partial charge in [-0.3, -0.25) is 0 Å². The number of alkyl carbamates (subject to hydrolysis) is 1. The molecule has 0 saturated heterocycles. The number of nitrogens with one attached hydrogen (secondary N) is 2. The zero-order chi connectivity index (χ0) is 22.8. The average molecular weight is 441 g/mol. The van der Waals surface area contributed by atoms with Gasteiger partial charge < -0.3 is 20.3 Å². The van der Waals surface area contributed by atoms with Crippen molar-refractivity contribution >= 4 is 28.5 Å². The first kappa shape index (κ1) is 24.1. The van der Waals surface area contributed by atoms with Crippen molar-refractivity contribution in [2.45, 2.75) is 83.2 Å². The van der Waals surface area contributed by atoms with Crippen LogP contribution in [0.1, 0.15) is 71.1 Å². The van der Waals surface area contributed by atoms with Crippen LogP contribution in [-0.4, -0.2) is 43.9 Å². The number of hydrogen-bond donors (Lipinski definition) is 2. The predicted octanol–water partition coefficient (Wildman–Crippen LogP) is 6.11. The first-order valence-electron chi connectivity index (χ1n) is 12.3. The number of aromatic nitrogens is 1. The molecule has 6 nitrogen and oxygen atoms in total. The molecule has 1 fully saturated rings. The Bertz CT molecular complexity index is 847. The number of benzene rings is 1. The first-order chi connectivity index (χ1) is 15.6. The van der Waals surface area contributed by atoms with Gasteiger partial charge in [0.25, 0.3) is 0 Å². The molecule has 1 aliphatic carbocycles. The number of para-hydroxylation sites is 1. The maximum absolute atomic E-state index is 12.1. The summed E-state index contributed by atoms with van der Waals surface area (Å²) < 4.78 is 5.37. The molecule has 6 heteroatoms. The fourth-order valence-electron chi connectivity index (χ4n) is 4.45. The van der Waals surface area contributed by atoms with Crippen molar-refractivity contribution in [1.82, 2.24) is 10.3 Å². The fourth-order valence-corrected chi connectivity index (χ4v) is 4.45. The van der Waals surface area contributed by atoms with Gasteiger partial charge in [0.15, 0.2) is 0 Å². The minimum Gasteiger partial charge on any atom is -0.450 e. The molecule has 0 aliphatic heterocycles. The topological polar surface area (TPSA) is 66.5 Å². The van der Waals surface area contributed by atoms with Crippen LogP contribution in [0.5, 0.6) is 0 Å². The molecule has 1 aliphatic rings. The number of pyridine rings is 1. The molecular formula is C26H40N4O2. The Morgan fingerprint density at radius 3 is 2.47 bits per heavy atom. The quantitative estimate of drug-likeness (QED) is 0.413. The van der Waals surface area contributed by atoms with E-state index in [1.54, 1.807) is 0 Å². The molecular weight excluding hydrogens is 400 g/mol. The molecule has 0 atom stereocenters. The van der Waals surface area contributed by atoms with Gasteiger partial charge in [0.1, 0.15) is 5.82 Å². The third-order valence-corrected chi connectivity index (χ3v) is 6.31. The summed E-state index contributed by atoms with van der Waals surface area (Å²) in [5.41, 5.74) is 2.17. The highest BCUT2D eigenvalue weighted by Crippen LogP contribution is 2.29. The van der Waals surface area contributed by atoms with Gasteiger partial charge in [-0.1, -0.05) is 57.2 Å². The molecule has 1 heterocycles. The van der Waals surface area contributed by atoms with Gasteiger partial charge in [-0.05, 0) is 38.2 Å². The summed E-state index contributed by atoms with van der Waals surface area (Å²) in [5.74, 6) is 0.919. The number of carbonyl (C=O) groups is 1. The molecule has 1 amide bonds. The summed E-state index contributed by atoms with van der Waals surface area (Å²) in [6.45, 7) is 2.74. The van der Waals surface area contributed by atoms with Crippen LogP contribution in [0.15, 0.2) is 30.3 Å². The van der Waals surface area contributed by atoms with Gasteiger partial charge in [0.05, 0.1) is 12.1 Å². The van der Waals surface area contributed by atoms with Crippen LogP contribution in [0.2, 0.25) is 0 Å². The SMILES string of the molecule is CCCCCCCCOC(=O)NC1CCC(Nc2cc(N(C)C)c3ccccc3n2)CC1. The van der Waals surface area contributed by atoms with Crippen molar-refractivity contribution in [2.75, 3.05) is 30.9 Å². The number of rotatable bonds is 11. The summed E-state index contributed by atoms with van der Waals surface area (Å²) in [5, 5.41) is 7.84. The molecule has 0 bridgehead atoms. The molecule has 1 aromatic heterocycles. The zero-order valence-corrected chi connectivity index (χ0v) is 20.0. The molecule has 2 N–H and O–H groups in total. The van der Waals surface area contributed by atoms with Gasteiger partial charge in [-0.25, -0.2) is 9.78 Å². The third-order valence-electron chi connectivity index (χ3n) is 6.31. The minimum absolute atomic E-state index is 0.201. The number of anilines is 2. The van der Waals surface area contributed by atoms with Crippen molar-refractivity contribution in [3.63, 3.8) is 0 Å². The Labute approximate surface area is 193 Å². The lowest BCUT2D eigenvalue weighted by molar-refractivity contribution is 0.137. The van der Waals surface area contributed by atoms with E-state index in [2.05, 4.69) is 60.8 Å². The molecule has 3 rings (SSSR count). The van der Waals surface area contributed by atoms with E-state index in [1.807, 2.05) is 6.07 Å². The first-order valence-corrected chi connectivity index (χ1v) is 12.3. The van der Waals surface area contributed by atoms with E-state index in [4.69, 9.17) is 9.72 Å². The zero-order valence-electron chi connectivity index (χ0n) is 20.0. The van der Waals surface area contributed by atoms with Crippen LogP contribution in [0.25, 0.3) is 10.9 Å². The van der Waals surface area contributed by atoms with Crippen molar-refractivity contribution in [1.29, 1.82) is 0 Å². The molecule has 0 unspecified atom stereocenters. The second-order valence-corrected chi connectivity index (χ2v) is 9.18. The molecule has 176 valence electrons. The van der Waals surface area contributed by atoms with Gasteiger partial charge in [0, 0.05) is 43.3 Å². The van der Waals surface area contributed by atoms with E-state index in [1.165, 1.54) is 31.4 Å². The Balaban J connectivity index is 1.40. The van der Waals surface area contributed by atoms with Crippen molar-refractivity contribution in [3.8, 4) is 0 Å². The average Bonchev–Trinajstić information content (AvgIpc) is 2.79. The van der Waals surface area contributed by atoms with Crippen molar-refractivity contribution < 1.29 is 9.53 Å². The number of carbonyl (C=O) groups excluding carboxylic acids is 1. The van der Waals surface area contributed by atoms with E-state index in [0.717, 1.165) is 55.2 Å². The van der Waals surface area contributed by atoms with Crippen molar-refractivity contribution in [3.05, 3.63) is 30.3 Å². The number of fused-ring (bicyclic) bond motifs is 1. The number of nitrogens with zero attached hydrogens (tertiary/aromatic N) is 2. The Morgan fingerprint density at radius 2 is 1.72 bits per heavy atom. The number of amides is 1. The summed E-state index contributed by atoms with van der Waals surface area (Å²) in [6.07, 6.45) is 10.8. The summed E-state index contributed by atoms with van der Waals surface area (Å²) >= 11 is 0. The molecule has 0 radical (unpaired) electrons. The highest BCUT2D eigenvalue weighted by atomic mass is 16.5. The monoisotopic (exact) mass is 440 g/mol. The van der Waals surface area contributed by atoms with Crippen molar-refractivity contribution in [2.24, 2.45) is 0 Å². The molecule has 2 aromatic rings. The summed E-state index contributed by atoms with van der Waals surface area (Å²) in [7, 11) is 4.13. The molecule has 32 heavy (non-hydrogen) atoms.